The molecule has 3 rings (SSSR count). The Labute approximate surface area is 159 Å². The van der Waals surface area contributed by atoms with Crippen molar-refractivity contribution in [3.63, 3.8) is 0 Å². The normalized spacial score (nSPS) is 15.1. The number of rotatable bonds is 4. The molecule has 0 radical (unpaired) electrons. The van der Waals surface area contributed by atoms with E-state index in [0.717, 1.165) is 17.7 Å². The molecule has 1 aromatic heterocycles. The molecule has 0 aliphatic carbocycles. The smallest absolute Gasteiger partial charge is 0.339 e. The Kier molecular flexibility index (Phi) is 5.84. The molecule has 8 heteroatoms. The third-order valence-electron chi connectivity index (χ3n) is 4.56. The second-order valence-corrected chi connectivity index (χ2v) is 7.16. The van der Waals surface area contributed by atoms with E-state index in [1.54, 1.807) is 16.2 Å². The van der Waals surface area contributed by atoms with E-state index in [9.17, 15) is 22.8 Å². The second kappa shape index (κ2) is 8.12. The van der Waals surface area contributed by atoms with Gasteiger partial charge < -0.3 is 9.80 Å². The van der Waals surface area contributed by atoms with Gasteiger partial charge in [0.2, 0.25) is 5.91 Å². The van der Waals surface area contributed by atoms with Gasteiger partial charge in [0.25, 0.3) is 5.91 Å². The molecular formula is C19H19F3N2O2S. The monoisotopic (exact) mass is 396 g/mol. The maximum Gasteiger partial charge on any atom is 0.416 e. The van der Waals surface area contributed by atoms with E-state index < -0.39 is 17.6 Å². The number of halogens is 3. The van der Waals surface area contributed by atoms with Crippen LogP contribution in [0.2, 0.25) is 0 Å². The van der Waals surface area contributed by atoms with Gasteiger partial charge in [0.05, 0.1) is 5.56 Å². The first-order valence-electron chi connectivity index (χ1n) is 8.60. The van der Waals surface area contributed by atoms with Crippen LogP contribution in [-0.4, -0.2) is 47.8 Å². The van der Waals surface area contributed by atoms with Crippen LogP contribution in [0.5, 0.6) is 0 Å². The Hall–Kier alpha value is -2.35. The lowest BCUT2D eigenvalue weighted by molar-refractivity contribution is -0.137. The zero-order valence-electron chi connectivity index (χ0n) is 14.5. The van der Waals surface area contributed by atoms with Crippen LogP contribution in [0.15, 0.2) is 41.1 Å². The van der Waals surface area contributed by atoms with E-state index >= 15 is 0 Å². The van der Waals surface area contributed by atoms with Crippen LogP contribution in [0, 0.1) is 0 Å². The summed E-state index contributed by atoms with van der Waals surface area (Å²) in [6.45, 7) is 1.43. The molecule has 2 aromatic rings. The third kappa shape index (κ3) is 4.88. The molecule has 27 heavy (non-hydrogen) atoms. The van der Waals surface area contributed by atoms with Gasteiger partial charge in [-0.25, -0.2) is 0 Å². The molecule has 1 aliphatic rings. The summed E-state index contributed by atoms with van der Waals surface area (Å²) in [7, 11) is 0. The summed E-state index contributed by atoms with van der Waals surface area (Å²) in [5, 5.41) is 3.98. The summed E-state index contributed by atoms with van der Waals surface area (Å²) in [5.41, 5.74) is 0.310. The van der Waals surface area contributed by atoms with Gasteiger partial charge in [-0.05, 0) is 47.0 Å². The number of carbonyl (C=O) groups excluding carboxylic acids is 2. The van der Waals surface area contributed by atoms with Crippen molar-refractivity contribution in [1.29, 1.82) is 0 Å². The van der Waals surface area contributed by atoms with E-state index in [0.29, 0.717) is 39.0 Å². The van der Waals surface area contributed by atoms with Crippen molar-refractivity contribution in [2.24, 2.45) is 0 Å². The third-order valence-corrected chi connectivity index (χ3v) is 5.30. The minimum atomic E-state index is -4.48. The molecule has 1 aromatic carbocycles. The molecule has 0 saturated carbocycles. The fraction of sp³-hybridized carbons (Fsp3) is 0.368. The Bertz CT molecular complexity index is 798. The number of thiophene rings is 1. The topological polar surface area (TPSA) is 40.6 Å². The molecule has 1 saturated heterocycles. The molecule has 0 atom stereocenters. The first-order valence-corrected chi connectivity index (χ1v) is 9.54. The Morgan fingerprint density at radius 1 is 1.04 bits per heavy atom. The second-order valence-electron chi connectivity index (χ2n) is 6.38. The molecular weight excluding hydrogens is 377 g/mol. The van der Waals surface area contributed by atoms with Crippen molar-refractivity contribution >= 4 is 23.2 Å². The number of alkyl halides is 3. The first kappa shape index (κ1) is 19.4. The fourth-order valence-electron chi connectivity index (χ4n) is 3.01. The minimum Gasteiger partial charge on any atom is -0.339 e. The van der Waals surface area contributed by atoms with Crippen molar-refractivity contribution in [3.8, 4) is 0 Å². The number of amides is 2. The average molecular weight is 396 g/mol. The highest BCUT2D eigenvalue weighted by Crippen LogP contribution is 2.29. The van der Waals surface area contributed by atoms with E-state index in [1.807, 2.05) is 16.8 Å². The fourth-order valence-corrected chi connectivity index (χ4v) is 3.72. The van der Waals surface area contributed by atoms with Gasteiger partial charge >= 0.3 is 6.18 Å². The van der Waals surface area contributed by atoms with Crippen LogP contribution in [0.1, 0.15) is 27.9 Å². The summed E-state index contributed by atoms with van der Waals surface area (Å²) in [4.78, 5) is 28.0. The molecule has 0 spiro atoms. The molecule has 2 amide bonds. The molecule has 144 valence electrons. The van der Waals surface area contributed by atoms with Gasteiger partial charge in [0.1, 0.15) is 0 Å². The summed E-state index contributed by atoms with van der Waals surface area (Å²) in [6.07, 6.45) is -3.38. The number of carbonyl (C=O) groups is 2. The molecule has 1 aliphatic heterocycles. The van der Waals surface area contributed by atoms with E-state index in [1.165, 1.54) is 17.0 Å². The van der Waals surface area contributed by atoms with Gasteiger partial charge in [-0.15, -0.1) is 0 Å². The van der Waals surface area contributed by atoms with Gasteiger partial charge in [-0.3, -0.25) is 9.59 Å². The Morgan fingerprint density at radius 2 is 1.74 bits per heavy atom. The molecule has 1 fully saturated rings. The van der Waals surface area contributed by atoms with Crippen molar-refractivity contribution < 1.29 is 22.8 Å². The number of benzene rings is 1. The highest BCUT2D eigenvalue weighted by atomic mass is 32.1. The van der Waals surface area contributed by atoms with Crippen molar-refractivity contribution in [1.82, 2.24) is 9.80 Å². The zero-order chi connectivity index (χ0) is 19.4. The quantitative estimate of drug-likeness (QED) is 0.791. The van der Waals surface area contributed by atoms with Crippen LogP contribution in [0.25, 0.3) is 0 Å². The Morgan fingerprint density at radius 3 is 2.37 bits per heavy atom. The van der Waals surface area contributed by atoms with E-state index in [4.69, 9.17) is 0 Å². The predicted molar refractivity (Wildman–Crippen MR) is 96.6 cm³/mol. The lowest BCUT2D eigenvalue weighted by Gasteiger charge is -2.35. The first-order chi connectivity index (χ1) is 12.8. The number of hydrogen-bond donors (Lipinski definition) is 0. The average Bonchev–Trinajstić information content (AvgIpc) is 3.19. The summed E-state index contributed by atoms with van der Waals surface area (Å²) >= 11 is 1.59. The molecule has 2 heterocycles. The van der Waals surface area contributed by atoms with Gasteiger partial charge in [0, 0.05) is 38.2 Å². The van der Waals surface area contributed by atoms with Gasteiger partial charge in [-0.1, -0.05) is 6.07 Å². The minimum absolute atomic E-state index is 0.0158. The summed E-state index contributed by atoms with van der Waals surface area (Å²) in [5.74, 6) is -0.404. The van der Waals surface area contributed by atoms with Crippen LogP contribution in [0.4, 0.5) is 13.2 Å². The van der Waals surface area contributed by atoms with Crippen molar-refractivity contribution in [3.05, 3.63) is 57.8 Å². The van der Waals surface area contributed by atoms with Gasteiger partial charge in [0.15, 0.2) is 0 Å². The maximum atomic E-state index is 12.8. The maximum absolute atomic E-state index is 12.8. The van der Waals surface area contributed by atoms with Crippen LogP contribution >= 0.6 is 11.3 Å². The molecule has 4 nitrogen and oxygen atoms in total. The molecule has 0 bridgehead atoms. The Balaban J connectivity index is 1.54. The van der Waals surface area contributed by atoms with E-state index in [-0.39, 0.29) is 11.5 Å². The SMILES string of the molecule is O=C(CCc1ccsc1)N1CCN(C(=O)c2cccc(C(F)(F)F)c2)CC1. The number of nitrogens with zero attached hydrogens (tertiary/aromatic N) is 2. The van der Waals surface area contributed by atoms with Crippen LogP contribution < -0.4 is 0 Å². The van der Waals surface area contributed by atoms with Crippen molar-refractivity contribution in [2.75, 3.05) is 26.2 Å². The zero-order valence-corrected chi connectivity index (χ0v) is 15.4. The highest BCUT2D eigenvalue weighted by molar-refractivity contribution is 7.07. The van der Waals surface area contributed by atoms with E-state index in [2.05, 4.69) is 0 Å². The largest absolute Gasteiger partial charge is 0.416 e. The van der Waals surface area contributed by atoms with Crippen LogP contribution in [0.3, 0.4) is 0 Å². The number of piperazine rings is 1. The lowest BCUT2D eigenvalue weighted by Crippen LogP contribution is -2.50. The van der Waals surface area contributed by atoms with Gasteiger partial charge in [-0.2, -0.15) is 24.5 Å². The predicted octanol–water partition coefficient (Wildman–Crippen LogP) is 3.68. The number of hydrogen-bond acceptors (Lipinski definition) is 3. The standard InChI is InChI=1S/C19H19F3N2O2S/c20-19(21,22)16-3-1-2-15(12-16)18(26)24-9-7-23(8-10-24)17(25)5-4-14-6-11-27-13-14/h1-3,6,11-13H,4-5,7-10H2. The highest BCUT2D eigenvalue weighted by Gasteiger charge is 2.32. The molecule has 0 unspecified atom stereocenters. The number of aryl methyl sites for hydroxylation is 1. The molecule has 0 N–H and O–H groups in total. The van der Waals surface area contributed by atoms with Crippen LogP contribution in [-0.2, 0) is 17.4 Å². The van der Waals surface area contributed by atoms with Crippen molar-refractivity contribution in [2.45, 2.75) is 19.0 Å². The summed E-state index contributed by atoms with van der Waals surface area (Å²) < 4.78 is 38.5. The lowest BCUT2D eigenvalue weighted by atomic mass is 10.1. The summed E-state index contributed by atoms with van der Waals surface area (Å²) in [6, 6.07) is 6.43.